The molecular formula is C13H15BrN2O2. The largest absolute Gasteiger partial charge is 0.352 e. The Morgan fingerprint density at radius 1 is 1.50 bits per heavy atom. The first-order chi connectivity index (χ1) is 8.58. The second-order valence-corrected chi connectivity index (χ2v) is 5.39. The minimum Gasteiger partial charge on any atom is -0.352 e. The van der Waals surface area contributed by atoms with Crippen LogP contribution in [0.25, 0.3) is 0 Å². The Morgan fingerprint density at radius 2 is 2.22 bits per heavy atom. The summed E-state index contributed by atoms with van der Waals surface area (Å²) in [6.45, 7) is 1.26. The van der Waals surface area contributed by atoms with E-state index in [2.05, 4.69) is 21.2 Å². The van der Waals surface area contributed by atoms with Crippen LogP contribution >= 0.6 is 15.9 Å². The lowest BCUT2D eigenvalue weighted by atomic mass is 10.1. The molecule has 0 aromatic heterocycles. The van der Waals surface area contributed by atoms with Gasteiger partial charge in [-0.25, -0.2) is 0 Å². The number of benzene rings is 1. The van der Waals surface area contributed by atoms with E-state index in [-0.39, 0.29) is 17.7 Å². The first-order valence-corrected chi connectivity index (χ1v) is 6.64. The average molecular weight is 311 g/mol. The second-order valence-electron chi connectivity index (χ2n) is 4.53. The van der Waals surface area contributed by atoms with Gasteiger partial charge in [-0.05, 0) is 28.1 Å². The molecular weight excluding hydrogens is 296 g/mol. The topological polar surface area (TPSA) is 49.4 Å². The quantitative estimate of drug-likeness (QED) is 0.923. The molecule has 2 rings (SSSR count). The predicted molar refractivity (Wildman–Crippen MR) is 72.2 cm³/mol. The number of nitrogens with one attached hydrogen (secondary N) is 1. The van der Waals surface area contributed by atoms with Crippen LogP contribution in [0.5, 0.6) is 0 Å². The lowest BCUT2D eigenvalue weighted by Gasteiger charge is -2.11. The van der Waals surface area contributed by atoms with Crippen molar-refractivity contribution in [3.05, 3.63) is 34.3 Å². The van der Waals surface area contributed by atoms with Gasteiger partial charge < -0.3 is 10.2 Å². The normalized spacial score (nSPS) is 19.1. The Labute approximate surface area is 114 Å². The van der Waals surface area contributed by atoms with Gasteiger partial charge in [0.25, 0.3) is 5.91 Å². The molecule has 1 heterocycles. The highest BCUT2D eigenvalue weighted by atomic mass is 79.9. The fraction of sp³-hybridized carbons (Fsp3) is 0.385. The van der Waals surface area contributed by atoms with Gasteiger partial charge in [-0.15, -0.1) is 0 Å². The zero-order valence-electron chi connectivity index (χ0n) is 10.1. The molecule has 0 saturated carbocycles. The Kier molecular flexibility index (Phi) is 4.01. The summed E-state index contributed by atoms with van der Waals surface area (Å²) in [6.07, 6.45) is 0.521. The fourth-order valence-electron chi connectivity index (χ4n) is 2.07. The molecule has 0 bridgehead atoms. The summed E-state index contributed by atoms with van der Waals surface area (Å²) in [6, 6.07) is 7.30. The lowest BCUT2D eigenvalue weighted by molar-refractivity contribution is -0.126. The number of likely N-dealkylation sites (tertiary alicyclic amines) is 1. The number of carbonyl (C=O) groups excluding carboxylic acids is 2. The Balaban J connectivity index is 1.90. The first-order valence-electron chi connectivity index (χ1n) is 5.84. The molecule has 1 aromatic rings. The molecule has 0 radical (unpaired) electrons. The standard InChI is InChI=1S/C13H15BrN2O2/c1-16-8-9(6-12(16)17)7-15-13(18)10-4-2-3-5-11(10)14/h2-5,9H,6-8H2,1H3,(H,15,18). The summed E-state index contributed by atoms with van der Waals surface area (Å²) >= 11 is 3.35. The minimum atomic E-state index is -0.107. The highest BCUT2D eigenvalue weighted by Crippen LogP contribution is 2.17. The smallest absolute Gasteiger partial charge is 0.252 e. The van der Waals surface area contributed by atoms with E-state index in [1.54, 1.807) is 18.0 Å². The summed E-state index contributed by atoms with van der Waals surface area (Å²) in [7, 11) is 1.79. The van der Waals surface area contributed by atoms with E-state index in [4.69, 9.17) is 0 Å². The number of rotatable bonds is 3. The lowest BCUT2D eigenvalue weighted by Crippen LogP contribution is -2.30. The number of halogens is 1. The highest BCUT2D eigenvalue weighted by Gasteiger charge is 2.26. The van der Waals surface area contributed by atoms with E-state index in [0.717, 1.165) is 11.0 Å². The molecule has 4 nitrogen and oxygen atoms in total. The van der Waals surface area contributed by atoms with Crippen LogP contribution in [0.15, 0.2) is 28.7 Å². The molecule has 1 aliphatic rings. The molecule has 1 atom stereocenters. The van der Waals surface area contributed by atoms with E-state index in [1.807, 2.05) is 18.2 Å². The Bertz CT molecular complexity index is 476. The maximum atomic E-state index is 11.9. The van der Waals surface area contributed by atoms with Gasteiger partial charge in [0.1, 0.15) is 0 Å². The van der Waals surface area contributed by atoms with Crippen molar-refractivity contribution in [3.8, 4) is 0 Å². The summed E-state index contributed by atoms with van der Waals surface area (Å²) in [5, 5.41) is 2.88. The van der Waals surface area contributed by atoms with E-state index >= 15 is 0 Å². The maximum Gasteiger partial charge on any atom is 0.252 e. The van der Waals surface area contributed by atoms with Crippen LogP contribution in [0.4, 0.5) is 0 Å². The van der Waals surface area contributed by atoms with Gasteiger partial charge in [-0.3, -0.25) is 9.59 Å². The van der Waals surface area contributed by atoms with E-state index in [9.17, 15) is 9.59 Å². The van der Waals surface area contributed by atoms with Crippen LogP contribution in [-0.2, 0) is 4.79 Å². The van der Waals surface area contributed by atoms with E-state index in [0.29, 0.717) is 18.5 Å². The van der Waals surface area contributed by atoms with Crippen LogP contribution in [0.1, 0.15) is 16.8 Å². The minimum absolute atomic E-state index is 0.107. The van der Waals surface area contributed by atoms with Crippen LogP contribution in [0.2, 0.25) is 0 Å². The molecule has 0 spiro atoms. The second kappa shape index (κ2) is 5.52. The zero-order chi connectivity index (χ0) is 13.1. The van der Waals surface area contributed by atoms with Gasteiger partial charge in [0.05, 0.1) is 5.56 Å². The van der Waals surface area contributed by atoms with Crippen molar-refractivity contribution in [2.75, 3.05) is 20.1 Å². The molecule has 0 aliphatic carbocycles. The van der Waals surface area contributed by atoms with Gasteiger partial charge in [-0.1, -0.05) is 12.1 Å². The molecule has 96 valence electrons. The summed E-state index contributed by atoms with van der Waals surface area (Å²) in [4.78, 5) is 25.0. The van der Waals surface area contributed by atoms with Crippen molar-refractivity contribution in [1.29, 1.82) is 0 Å². The molecule has 18 heavy (non-hydrogen) atoms. The third-order valence-corrected chi connectivity index (χ3v) is 3.78. The van der Waals surface area contributed by atoms with Crippen molar-refractivity contribution in [3.63, 3.8) is 0 Å². The van der Waals surface area contributed by atoms with Crippen LogP contribution in [-0.4, -0.2) is 36.9 Å². The number of carbonyl (C=O) groups is 2. The van der Waals surface area contributed by atoms with Gasteiger partial charge in [0, 0.05) is 36.9 Å². The number of hydrogen-bond donors (Lipinski definition) is 1. The van der Waals surface area contributed by atoms with Crippen LogP contribution < -0.4 is 5.32 Å². The SMILES string of the molecule is CN1CC(CNC(=O)c2ccccc2Br)CC1=O. The van der Waals surface area contributed by atoms with Gasteiger partial charge >= 0.3 is 0 Å². The Hall–Kier alpha value is -1.36. The average Bonchev–Trinajstić information content (AvgIpc) is 2.66. The van der Waals surface area contributed by atoms with Gasteiger partial charge in [0.15, 0.2) is 0 Å². The van der Waals surface area contributed by atoms with Gasteiger partial charge in [0.2, 0.25) is 5.91 Å². The summed E-state index contributed by atoms with van der Waals surface area (Å²) in [5.41, 5.74) is 0.621. The number of nitrogens with zero attached hydrogens (tertiary/aromatic N) is 1. The van der Waals surface area contributed by atoms with Crippen LogP contribution in [0.3, 0.4) is 0 Å². The van der Waals surface area contributed by atoms with E-state index < -0.39 is 0 Å². The third kappa shape index (κ3) is 2.90. The summed E-state index contributed by atoms with van der Waals surface area (Å²) in [5.74, 6) is 0.258. The third-order valence-electron chi connectivity index (χ3n) is 3.09. The fourth-order valence-corrected chi connectivity index (χ4v) is 2.54. The van der Waals surface area contributed by atoms with E-state index in [1.165, 1.54) is 0 Å². The number of amides is 2. The van der Waals surface area contributed by atoms with Crippen molar-refractivity contribution >= 4 is 27.7 Å². The molecule has 1 N–H and O–H groups in total. The molecule has 1 aliphatic heterocycles. The summed E-state index contributed by atoms with van der Waals surface area (Å²) < 4.78 is 0.780. The monoisotopic (exact) mass is 310 g/mol. The van der Waals surface area contributed by atoms with Crippen molar-refractivity contribution < 1.29 is 9.59 Å². The van der Waals surface area contributed by atoms with Crippen molar-refractivity contribution in [2.24, 2.45) is 5.92 Å². The molecule has 2 amide bonds. The molecule has 1 fully saturated rings. The zero-order valence-corrected chi connectivity index (χ0v) is 11.7. The number of hydrogen-bond acceptors (Lipinski definition) is 2. The predicted octanol–water partition coefficient (Wildman–Crippen LogP) is 1.66. The van der Waals surface area contributed by atoms with Crippen molar-refractivity contribution in [1.82, 2.24) is 10.2 Å². The van der Waals surface area contributed by atoms with Gasteiger partial charge in [-0.2, -0.15) is 0 Å². The van der Waals surface area contributed by atoms with Crippen LogP contribution in [0, 0.1) is 5.92 Å². The molecule has 5 heteroatoms. The first kappa shape index (κ1) is 13.1. The maximum absolute atomic E-state index is 11.9. The Morgan fingerprint density at radius 3 is 2.83 bits per heavy atom. The molecule has 1 saturated heterocycles. The molecule has 1 aromatic carbocycles. The highest BCUT2D eigenvalue weighted by molar-refractivity contribution is 9.10. The molecule has 1 unspecified atom stereocenters. The van der Waals surface area contributed by atoms with Crippen molar-refractivity contribution in [2.45, 2.75) is 6.42 Å².